The van der Waals surface area contributed by atoms with Crippen LogP contribution in [0, 0.1) is 6.92 Å². The normalized spacial score (nSPS) is 10.1. The Morgan fingerprint density at radius 2 is 1.89 bits per heavy atom. The lowest BCUT2D eigenvalue weighted by molar-refractivity contribution is -0.118. The molecule has 2 aromatic carbocycles. The molecule has 0 spiro atoms. The van der Waals surface area contributed by atoms with Crippen LogP contribution in [0.1, 0.15) is 39.6 Å². The van der Waals surface area contributed by atoms with Crippen LogP contribution in [0.15, 0.2) is 36.4 Å². The lowest BCUT2D eigenvalue weighted by Crippen LogP contribution is -2.21. The van der Waals surface area contributed by atoms with Crippen LogP contribution in [0.3, 0.4) is 0 Å². The van der Waals surface area contributed by atoms with Crippen molar-refractivity contribution < 1.29 is 28.6 Å². The van der Waals surface area contributed by atoms with E-state index in [1.54, 1.807) is 37.3 Å². The number of hydrogen-bond acceptors (Lipinski definition) is 6. The molecule has 0 aromatic heterocycles. The van der Waals surface area contributed by atoms with Gasteiger partial charge in [-0.1, -0.05) is 13.0 Å². The van der Waals surface area contributed by atoms with E-state index in [9.17, 15) is 14.4 Å². The van der Waals surface area contributed by atoms with E-state index in [0.29, 0.717) is 35.5 Å². The molecule has 2 aromatic rings. The number of methoxy groups -OCH3 is 1. The minimum Gasteiger partial charge on any atom is -0.493 e. The second-order valence-electron chi connectivity index (χ2n) is 6.02. The van der Waals surface area contributed by atoms with Crippen LogP contribution in [-0.4, -0.2) is 38.5 Å². The van der Waals surface area contributed by atoms with E-state index in [1.807, 2.05) is 6.92 Å². The number of ether oxygens (including phenoxy) is 3. The molecule has 0 saturated heterocycles. The van der Waals surface area contributed by atoms with Crippen LogP contribution in [0.5, 0.6) is 11.5 Å². The molecule has 0 aliphatic rings. The van der Waals surface area contributed by atoms with Gasteiger partial charge in [0.05, 0.1) is 24.8 Å². The van der Waals surface area contributed by atoms with Gasteiger partial charge in [0.15, 0.2) is 12.9 Å². The van der Waals surface area contributed by atoms with Crippen LogP contribution in [0.4, 0.5) is 5.69 Å². The van der Waals surface area contributed by atoms with Crippen LogP contribution in [0.2, 0.25) is 0 Å². The van der Waals surface area contributed by atoms with Crippen molar-refractivity contribution in [2.45, 2.75) is 20.3 Å². The molecule has 0 aliphatic heterocycles. The fraction of sp³-hybridized carbons (Fsp3) is 0.286. The van der Waals surface area contributed by atoms with Crippen molar-refractivity contribution in [3.63, 3.8) is 0 Å². The van der Waals surface area contributed by atoms with Gasteiger partial charge in [0, 0.05) is 11.8 Å². The summed E-state index contributed by atoms with van der Waals surface area (Å²) in [5.74, 6) is -0.101. The summed E-state index contributed by atoms with van der Waals surface area (Å²) in [6, 6.07) is 9.70. The number of aldehydes is 1. The highest BCUT2D eigenvalue weighted by molar-refractivity contribution is 5.96. The van der Waals surface area contributed by atoms with E-state index in [4.69, 9.17) is 9.47 Å². The first kappa shape index (κ1) is 21.0. The molecule has 0 bridgehead atoms. The van der Waals surface area contributed by atoms with Gasteiger partial charge in [-0.05, 0) is 43.2 Å². The summed E-state index contributed by atoms with van der Waals surface area (Å²) in [5, 5.41) is 2.69. The average molecular weight is 385 g/mol. The fourth-order valence-electron chi connectivity index (χ4n) is 2.38. The molecule has 0 unspecified atom stereocenters. The van der Waals surface area contributed by atoms with Crippen molar-refractivity contribution in [2.24, 2.45) is 0 Å². The molecular weight excluding hydrogens is 362 g/mol. The second kappa shape index (κ2) is 10.1. The van der Waals surface area contributed by atoms with E-state index in [-0.39, 0.29) is 12.4 Å². The third-order valence-corrected chi connectivity index (χ3v) is 3.88. The van der Waals surface area contributed by atoms with Crippen molar-refractivity contribution in [3.8, 4) is 11.5 Å². The fourth-order valence-corrected chi connectivity index (χ4v) is 2.38. The number of carbonyl (C=O) groups is 3. The van der Waals surface area contributed by atoms with E-state index >= 15 is 0 Å². The highest BCUT2D eigenvalue weighted by atomic mass is 16.5. The summed E-state index contributed by atoms with van der Waals surface area (Å²) in [6.07, 6.45) is 1.50. The Labute approximate surface area is 163 Å². The van der Waals surface area contributed by atoms with Gasteiger partial charge < -0.3 is 19.5 Å². The minimum absolute atomic E-state index is 0.263. The molecule has 0 fully saturated rings. The van der Waals surface area contributed by atoms with Gasteiger partial charge in [-0.2, -0.15) is 0 Å². The molecule has 0 atom stereocenters. The Bertz CT molecular complexity index is 862. The SMILES string of the molecule is CCCOc1ccc(C=O)c(OCC(=O)Nc2cc(C(=O)OC)ccc2C)c1. The third-order valence-electron chi connectivity index (χ3n) is 3.88. The number of anilines is 1. The summed E-state index contributed by atoms with van der Waals surface area (Å²) >= 11 is 0. The Kier molecular flexibility index (Phi) is 7.56. The molecule has 7 heteroatoms. The third kappa shape index (κ3) is 5.57. The molecule has 0 saturated carbocycles. The zero-order chi connectivity index (χ0) is 20.5. The number of benzene rings is 2. The summed E-state index contributed by atoms with van der Waals surface area (Å²) in [7, 11) is 1.29. The summed E-state index contributed by atoms with van der Waals surface area (Å²) in [6.45, 7) is 4.02. The van der Waals surface area contributed by atoms with Gasteiger partial charge >= 0.3 is 5.97 Å². The molecule has 28 heavy (non-hydrogen) atoms. The first-order valence-corrected chi connectivity index (χ1v) is 8.82. The maximum absolute atomic E-state index is 12.3. The standard InChI is InChI=1S/C21H23NO6/c1-4-9-27-17-8-7-16(12-23)19(11-17)28-13-20(24)22-18-10-15(21(25)26-3)6-5-14(18)2/h5-8,10-12H,4,9,13H2,1-3H3,(H,22,24). The predicted molar refractivity (Wildman–Crippen MR) is 104 cm³/mol. The Hall–Kier alpha value is -3.35. The monoisotopic (exact) mass is 385 g/mol. The highest BCUT2D eigenvalue weighted by Crippen LogP contribution is 2.24. The number of nitrogens with one attached hydrogen (secondary N) is 1. The lowest BCUT2D eigenvalue weighted by Gasteiger charge is -2.13. The van der Waals surface area contributed by atoms with Gasteiger partial charge in [0.25, 0.3) is 5.91 Å². The lowest BCUT2D eigenvalue weighted by atomic mass is 10.1. The molecule has 148 valence electrons. The van der Waals surface area contributed by atoms with Gasteiger partial charge in [0.1, 0.15) is 11.5 Å². The van der Waals surface area contributed by atoms with Crippen LogP contribution < -0.4 is 14.8 Å². The topological polar surface area (TPSA) is 90.9 Å². The first-order valence-electron chi connectivity index (χ1n) is 8.82. The number of aryl methyl sites for hydroxylation is 1. The van der Waals surface area contributed by atoms with Gasteiger partial charge in [-0.15, -0.1) is 0 Å². The summed E-state index contributed by atoms with van der Waals surface area (Å²) in [5.41, 5.74) is 1.91. The quantitative estimate of drug-likeness (QED) is 0.525. The average Bonchev–Trinajstić information content (AvgIpc) is 2.71. The van der Waals surface area contributed by atoms with Crippen molar-refractivity contribution >= 4 is 23.9 Å². The van der Waals surface area contributed by atoms with Gasteiger partial charge in [-0.3, -0.25) is 9.59 Å². The maximum atomic E-state index is 12.3. The first-order chi connectivity index (χ1) is 13.5. The molecule has 1 N–H and O–H groups in total. The number of rotatable bonds is 9. The van der Waals surface area contributed by atoms with E-state index < -0.39 is 11.9 Å². The highest BCUT2D eigenvalue weighted by Gasteiger charge is 2.12. The molecule has 7 nitrogen and oxygen atoms in total. The van der Waals surface area contributed by atoms with Crippen molar-refractivity contribution in [2.75, 3.05) is 25.6 Å². The smallest absolute Gasteiger partial charge is 0.337 e. The number of esters is 1. The zero-order valence-electron chi connectivity index (χ0n) is 16.1. The van der Waals surface area contributed by atoms with Crippen LogP contribution in [0.25, 0.3) is 0 Å². The Balaban J connectivity index is 2.06. The number of hydrogen-bond donors (Lipinski definition) is 1. The molecule has 0 heterocycles. The van der Waals surface area contributed by atoms with Crippen LogP contribution in [-0.2, 0) is 9.53 Å². The summed E-state index contributed by atoms with van der Waals surface area (Å²) < 4.78 is 15.7. The maximum Gasteiger partial charge on any atom is 0.337 e. The van der Waals surface area contributed by atoms with E-state index in [0.717, 1.165) is 12.0 Å². The molecule has 2 rings (SSSR count). The largest absolute Gasteiger partial charge is 0.493 e. The second-order valence-corrected chi connectivity index (χ2v) is 6.02. The van der Waals surface area contributed by atoms with Crippen molar-refractivity contribution in [1.29, 1.82) is 0 Å². The Morgan fingerprint density at radius 3 is 2.57 bits per heavy atom. The van der Waals surface area contributed by atoms with E-state index in [1.165, 1.54) is 13.2 Å². The number of carbonyl (C=O) groups excluding carboxylic acids is 3. The number of amides is 1. The Morgan fingerprint density at radius 1 is 1.11 bits per heavy atom. The molecule has 1 amide bonds. The van der Waals surface area contributed by atoms with Crippen LogP contribution >= 0.6 is 0 Å². The predicted octanol–water partition coefficient (Wildman–Crippen LogP) is 3.40. The van der Waals surface area contributed by atoms with Crippen molar-refractivity contribution in [1.82, 2.24) is 0 Å². The molecule has 0 radical (unpaired) electrons. The zero-order valence-corrected chi connectivity index (χ0v) is 16.1. The minimum atomic E-state index is -0.494. The molecular formula is C21H23NO6. The van der Waals surface area contributed by atoms with Crippen molar-refractivity contribution in [3.05, 3.63) is 53.1 Å². The van der Waals surface area contributed by atoms with E-state index in [2.05, 4.69) is 10.1 Å². The summed E-state index contributed by atoms with van der Waals surface area (Å²) in [4.78, 5) is 35.1. The molecule has 0 aliphatic carbocycles. The van der Waals surface area contributed by atoms with Gasteiger partial charge in [0.2, 0.25) is 0 Å². The van der Waals surface area contributed by atoms with Gasteiger partial charge in [-0.25, -0.2) is 4.79 Å².